The molecule has 0 aromatic rings. The quantitative estimate of drug-likeness (QED) is 0.425. The van der Waals surface area contributed by atoms with Crippen molar-refractivity contribution in [1.29, 1.82) is 0 Å². The van der Waals surface area contributed by atoms with E-state index in [0.29, 0.717) is 6.61 Å². The Morgan fingerprint density at radius 2 is 1.45 bits per heavy atom. The summed E-state index contributed by atoms with van der Waals surface area (Å²) in [6.45, 7) is 4.02. The molecule has 0 aliphatic heterocycles. The van der Waals surface area contributed by atoms with Gasteiger partial charge in [-0.15, -0.1) is 0 Å². The lowest BCUT2D eigenvalue weighted by molar-refractivity contribution is -0.0946. The number of hydrogen-bond donors (Lipinski definition) is 2. The monoisotopic (exact) mass is 317 g/mol. The SMILES string of the molecule is CCCCCCCCCCCCOCC(O)CC(C)([O])CO. The summed E-state index contributed by atoms with van der Waals surface area (Å²) in [6, 6.07) is 0. The third-order valence-electron chi connectivity index (χ3n) is 3.95. The van der Waals surface area contributed by atoms with Crippen LogP contribution in [-0.2, 0) is 9.84 Å². The Hall–Kier alpha value is -0.160. The Bertz CT molecular complexity index is 231. The Labute approximate surface area is 136 Å². The highest BCUT2D eigenvalue weighted by Crippen LogP contribution is 2.13. The molecule has 0 heterocycles. The highest BCUT2D eigenvalue weighted by Gasteiger charge is 2.25. The highest BCUT2D eigenvalue weighted by molar-refractivity contribution is 4.74. The minimum atomic E-state index is -1.47. The van der Waals surface area contributed by atoms with E-state index in [1.807, 2.05) is 0 Å². The fraction of sp³-hybridized carbons (Fsp3) is 1.00. The number of unbranched alkanes of at least 4 members (excludes halogenated alkanes) is 9. The molecule has 0 rings (SSSR count). The van der Waals surface area contributed by atoms with E-state index in [0.717, 1.165) is 6.42 Å². The summed E-state index contributed by atoms with van der Waals surface area (Å²) in [7, 11) is 0. The van der Waals surface area contributed by atoms with Gasteiger partial charge in [0.25, 0.3) is 0 Å². The normalized spacial score (nSPS) is 15.7. The van der Waals surface area contributed by atoms with Gasteiger partial charge < -0.3 is 14.9 Å². The van der Waals surface area contributed by atoms with Crippen molar-refractivity contribution >= 4 is 0 Å². The molecular weight excluding hydrogens is 280 g/mol. The van der Waals surface area contributed by atoms with Crippen molar-refractivity contribution in [2.75, 3.05) is 19.8 Å². The fourth-order valence-electron chi connectivity index (χ4n) is 2.53. The van der Waals surface area contributed by atoms with Gasteiger partial charge in [0.05, 0.1) is 19.3 Å². The summed E-state index contributed by atoms with van der Waals surface area (Å²) in [5.41, 5.74) is -1.47. The van der Waals surface area contributed by atoms with Gasteiger partial charge in [0.15, 0.2) is 0 Å². The molecule has 0 saturated heterocycles. The maximum atomic E-state index is 11.5. The van der Waals surface area contributed by atoms with Crippen molar-refractivity contribution in [1.82, 2.24) is 0 Å². The van der Waals surface area contributed by atoms with E-state index in [-0.39, 0.29) is 13.0 Å². The summed E-state index contributed by atoms with van der Waals surface area (Å²) >= 11 is 0. The van der Waals surface area contributed by atoms with Crippen LogP contribution in [0.1, 0.15) is 84.5 Å². The van der Waals surface area contributed by atoms with Gasteiger partial charge in [-0.3, -0.25) is 0 Å². The maximum Gasteiger partial charge on any atom is 0.126 e. The van der Waals surface area contributed by atoms with Gasteiger partial charge in [-0.25, -0.2) is 5.11 Å². The molecule has 0 fully saturated rings. The first-order chi connectivity index (χ1) is 10.5. The molecule has 2 atom stereocenters. The minimum Gasteiger partial charge on any atom is -0.393 e. The van der Waals surface area contributed by atoms with Crippen molar-refractivity contribution in [2.45, 2.75) is 96.2 Å². The van der Waals surface area contributed by atoms with Crippen LogP contribution in [0.2, 0.25) is 0 Å². The van der Waals surface area contributed by atoms with E-state index in [2.05, 4.69) is 6.92 Å². The second kappa shape index (κ2) is 14.4. The summed E-state index contributed by atoms with van der Waals surface area (Å²) in [5.74, 6) is 0. The smallest absolute Gasteiger partial charge is 0.126 e. The third kappa shape index (κ3) is 14.8. The molecule has 133 valence electrons. The van der Waals surface area contributed by atoms with Crippen molar-refractivity contribution in [3.05, 3.63) is 0 Å². The van der Waals surface area contributed by atoms with Crippen LogP contribution in [0.5, 0.6) is 0 Å². The fourth-order valence-corrected chi connectivity index (χ4v) is 2.53. The molecule has 0 amide bonds. The average molecular weight is 317 g/mol. The largest absolute Gasteiger partial charge is 0.393 e. The van der Waals surface area contributed by atoms with Crippen LogP contribution in [0.25, 0.3) is 0 Å². The average Bonchev–Trinajstić information content (AvgIpc) is 2.48. The first-order valence-corrected chi connectivity index (χ1v) is 9.09. The first kappa shape index (κ1) is 21.8. The molecule has 2 N–H and O–H groups in total. The molecule has 0 saturated carbocycles. The second-order valence-corrected chi connectivity index (χ2v) is 6.72. The second-order valence-electron chi connectivity index (χ2n) is 6.72. The molecule has 4 nitrogen and oxygen atoms in total. The van der Waals surface area contributed by atoms with Crippen LogP contribution in [0.4, 0.5) is 0 Å². The van der Waals surface area contributed by atoms with E-state index in [4.69, 9.17) is 9.84 Å². The standard InChI is InChI=1S/C18H37O4/c1-3-4-5-6-7-8-9-10-11-12-13-22-15-17(20)14-18(2,21)16-19/h17,19-20H,3-16H2,1-2H3. The van der Waals surface area contributed by atoms with Crippen LogP contribution in [0.15, 0.2) is 0 Å². The number of aliphatic hydroxyl groups excluding tert-OH is 2. The van der Waals surface area contributed by atoms with Crippen LogP contribution in [0, 0.1) is 0 Å². The minimum absolute atomic E-state index is 0.0293. The number of hydrogen-bond acceptors (Lipinski definition) is 3. The summed E-state index contributed by atoms with van der Waals surface area (Å²) in [4.78, 5) is 0. The number of aliphatic hydroxyl groups is 2. The van der Waals surface area contributed by atoms with E-state index >= 15 is 0 Å². The molecule has 2 unspecified atom stereocenters. The summed E-state index contributed by atoms with van der Waals surface area (Å²) in [5, 5.41) is 30.0. The Kier molecular flexibility index (Phi) is 14.3. The van der Waals surface area contributed by atoms with Gasteiger partial charge in [0.2, 0.25) is 0 Å². The molecule has 0 aromatic heterocycles. The van der Waals surface area contributed by atoms with Gasteiger partial charge in [0, 0.05) is 13.0 Å². The van der Waals surface area contributed by atoms with Crippen LogP contribution < -0.4 is 0 Å². The van der Waals surface area contributed by atoms with Crippen molar-refractivity contribution in [3.8, 4) is 0 Å². The Morgan fingerprint density at radius 3 is 1.95 bits per heavy atom. The summed E-state index contributed by atoms with van der Waals surface area (Å²) < 4.78 is 5.39. The maximum absolute atomic E-state index is 11.5. The molecule has 0 aromatic carbocycles. The zero-order valence-electron chi connectivity index (χ0n) is 14.7. The van der Waals surface area contributed by atoms with Gasteiger partial charge >= 0.3 is 0 Å². The zero-order chi connectivity index (χ0) is 16.7. The lowest BCUT2D eigenvalue weighted by Gasteiger charge is -2.21. The molecule has 22 heavy (non-hydrogen) atoms. The van der Waals surface area contributed by atoms with Gasteiger partial charge in [-0.05, 0) is 13.3 Å². The van der Waals surface area contributed by atoms with Gasteiger partial charge in [0.1, 0.15) is 5.60 Å². The first-order valence-electron chi connectivity index (χ1n) is 9.09. The highest BCUT2D eigenvalue weighted by atomic mass is 16.5. The van der Waals surface area contributed by atoms with Crippen LogP contribution in [0.3, 0.4) is 0 Å². The van der Waals surface area contributed by atoms with E-state index in [1.54, 1.807) is 0 Å². The molecule has 0 aliphatic carbocycles. The molecule has 1 radical (unpaired) electrons. The van der Waals surface area contributed by atoms with E-state index in [9.17, 15) is 10.2 Å². The number of ether oxygens (including phenoxy) is 1. The van der Waals surface area contributed by atoms with Gasteiger partial charge in [-0.2, -0.15) is 0 Å². The predicted octanol–water partition coefficient (Wildman–Crippen LogP) is 3.86. The Balaban J connectivity index is 3.23. The lowest BCUT2D eigenvalue weighted by atomic mass is 10.0. The van der Waals surface area contributed by atoms with E-state index in [1.165, 1.54) is 64.7 Å². The van der Waals surface area contributed by atoms with Gasteiger partial charge in [-0.1, -0.05) is 64.7 Å². The number of rotatable bonds is 16. The molecule has 4 heteroatoms. The third-order valence-corrected chi connectivity index (χ3v) is 3.95. The van der Waals surface area contributed by atoms with Crippen molar-refractivity contribution in [2.24, 2.45) is 0 Å². The lowest BCUT2D eigenvalue weighted by Crippen LogP contribution is -2.34. The molecule has 0 bridgehead atoms. The Morgan fingerprint density at radius 1 is 0.955 bits per heavy atom. The van der Waals surface area contributed by atoms with Crippen LogP contribution >= 0.6 is 0 Å². The molecule has 0 spiro atoms. The van der Waals surface area contributed by atoms with Crippen molar-refractivity contribution < 1.29 is 20.1 Å². The zero-order valence-corrected chi connectivity index (χ0v) is 14.7. The van der Waals surface area contributed by atoms with E-state index < -0.39 is 18.3 Å². The summed E-state index contributed by atoms with van der Waals surface area (Å²) in [6.07, 6.45) is 12.1. The topological polar surface area (TPSA) is 69.6 Å². The predicted molar refractivity (Wildman–Crippen MR) is 89.5 cm³/mol. The van der Waals surface area contributed by atoms with Crippen molar-refractivity contribution in [3.63, 3.8) is 0 Å². The molecular formula is C18H37O4. The molecule has 0 aliphatic rings. The van der Waals surface area contributed by atoms with Crippen LogP contribution in [-0.4, -0.2) is 41.7 Å².